The number of benzene rings is 2. The first kappa shape index (κ1) is 19.8. The van der Waals surface area contributed by atoms with E-state index in [1.54, 1.807) is 30.0 Å². The molecule has 8 nitrogen and oxygen atoms in total. The van der Waals surface area contributed by atoms with Gasteiger partial charge in [0.25, 0.3) is 5.91 Å². The zero-order chi connectivity index (χ0) is 21.3. The number of fused-ring (bicyclic) bond motifs is 1. The number of hydrogen-bond acceptors (Lipinski definition) is 5. The normalized spacial score (nSPS) is 20.3. The number of para-hydroxylation sites is 2. The molecular weight excluding hydrogens is 386 g/mol. The predicted octanol–water partition coefficient (Wildman–Crippen LogP) is 2.80. The fourth-order valence-corrected chi connectivity index (χ4v) is 3.60. The minimum Gasteiger partial charge on any atom is -0.492 e. The molecule has 156 valence electrons. The van der Waals surface area contributed by atoms with E-state index in [4.69, 9.17) is 9.47 Å². The molecule has 2 aromatic carbocycles. The van der Waals surface area contributed by atoms with Gasteiger partial charge in [-0.25, -0.2) is 0 Å². The zero-order valence-corrected chi connectivity index (χ0v) is 16.8. The van der Waals surface area contributed by atoms with Crippen LogP contribution in [0.1, 0.15) is 20.3 Å². The fraction of sp³-hybridized carbons (Fsp3) is 0.318. The third-order valence-corrected chi connectivity index (χ3v) is 5.13. The highest BCUT2D eigenvalue weighted by Crippen LogP contribution is 2.35. The van der Waals surface area contributed by atoms with E-state index in [0.717, 1.165) is 0 Å². The molecule has 0 spiro atoms. The Bertz CT molecular complexity index is 1010. The van der Waals surface area contributed by atoms with Crippen LogP contribution in [0.4, 0.5) is 17.1 Å². The van der Waals surface area contributed by atoms with E-state index >= 15 is 0 Å². The van der Waals surface area contributed by atoms with Crippen LogP contribution in [0.2, 0.25) is 0 Å². The maximum Gasteiger partial charge on any atom is 0.265 e. The van der Waals surface area contributed by atoms with Crippen molar-refractivity contribution >= 4 is 34.8 Å². The highest BCUT2D eigenvalue weighted by molar-refractivity contribution is 6.05. The number of hydrogen-bond donors (Lipinski definition) is 2. The summed E-state index contributed by atoms with van der Waals surface area (Å²) in [4.78, 5) is 38.8. The molecule has 0 bridgehead atoms. The van der Waals surface area contributed by atoms with Gasteiger partial charge in [-0.2, -0.15) is 0 Å². The van der Waals surface area contributed by atoms with Crippen LogP contribution in [0.3, 0.4) is 0 Å². The summed E-state index contributed by atoms with van der Waals surface area (Å²) in [6.07, 6.45) is -0.442. The summed E-state index contributed by atoms with van der Waals surface area (Å²) in [6, 6.07) is 12.4. The first-order chi connectivity index (χ1) is 14.5. The Kier molecular flexibility index (Phi) is 5.31. The van der Waals surface area contributed by atoms with Gasteiger partial charge in [0.15, 0.2) is 6.10 Å². The number of ether oxygens (including phenoxy) is 2. The summed E-state index contributed by atoms with van der Waals surface area (Å²) in [5, 5.41) is 5.59. The smallest absolute Gasteiger partial charge is 0.265 e. The van der Waals surface area contributed by atoms with Crippen LogP contribution in [-0.4, -0.2) is 37.0 Å². The minimum atomic E-state index is -0.562. The second-order valence-electron chi connectivity index (χ2n) is 7.26. The first-order valence-corrected chi connectivity index (χ1v) is 9.91. The summed E-state index contributed by atoms with van der Waals surface area (Å²) >= 11 is 0. The number of amides is 3. The monoisotopic (exact) mass is 409 g/mol. The van der Waals surface area contributed by atoms with Crippen molar-refractivity contribution in [1.29, 1.82) is 0 Å². The van der Waals surface area contributed by atoms with Crippen LogP contribution in [0.15, 0.2) is 42.5 Å². The lowest BCUT2D eigenvalue weighted by Crippen LogP contribution is -2.34. The number of nitrogens with zero attached hydrogens (tertiary/aromatic N) is 1. The third kappa shape index (κ3) is 3.80. The number of rotatable bonds is 5. The van der Waals surface area contributed by atoms with E-state index in [0.29, 0.717) is 35.2 Å². The van der Waals surface area contributed by atoms with E-state index < -0.39 is 12.0 Å². The molecule has 2 heterocycles. The van der Waals surface area contributed by atoms with Gasteiger partial charge in [-0.15, -0.1) is 0 Å². The highest BCUT2D eigenvalue weighted by Gasteiger charge is 2.36. The summed E-state index contributed by atoms with van der Waals surface area (Å²) in [5.74, 6) is 0.0625. The SMILES string of the molecule is CCOc1ccccc1N1C[C@@H](C(=O)Nc2ccc3c(c2)NC(=O)[C@H](C)O3)CC1=O. The lowest BCUT2D eigenvalue weighted by Gasteiger charge is -2.24. The molecule has 2 aromatic rings. The topological polar surface area (TPSA) is 97.0 Å². The van der Waals surface area contributed by atoms with Crippen molar-refractivity contribution in [2.45, 2.75) is 26.4 Å². The fourth-order valence-electron chi connectivity index (χ4n) is 3.60. The highest BCUT2D eigenvalue weighted by atomic mass is 16.5. The lowest BCUT2D eigenvalue weighted by atomic mass is 10.1. The average molecular weight is 409 g/mol. The molecule has 2 N–H and O–H groups in total. The number of nitrogens with one attached hydrogen (secondary N) is 2. The van der Waals surface area contributed by atoms with Crippen LogP contribution in [-0.2, 0) is 14.4 Å². The Morgan fingerprint density at radius 2 is 2.07 bits per heavy atom. The summed E-state index contributed by atoms with van der Waals surface area (Å²) < 4.78 is 11.1. The third-order valence-electron chi connectivity index (χ3n) is 5.13. The van der Waals surface area contributed by atoms with Crippen molar-refractivity contribution < 1.29 is 23.9 Å². The van der Waals surface area contributed by atoms with Crippen LogP contribution < -0.4 is 25.0 Å². The molecule has 0 radical (unpaired) electrons. The van der Waals surface area contributed by atoms with Crippen LogP contribution in [0.5, 0.6) is 11.5 Å². The number of carbonyl (C=O) groups is 3. The van der Waals surface area contributed by atoms with Gasteiger partial charge >= 0.3 is 0 Å². The van der Waals surface area contributed by atoms with Crippen molar-refractivity contribution in [2.24, 2.45) is 5.92 Å². The molecule has 3 amide bonds. The molecule has 0 aromatic heterocycles. The second kappa shape index (κ2) is 8.06. The van der Waals surface area contributed by atoms with Crippen LogP contribution in [0, 0.1) is 5.92 Å². The van der Waals surface area contributed by atoms with Gasteiger partial charge in [0.1, 0.15) is 11.5 Å². The van der Waals surface area contributed by atoms with E-state index in [1.807, 2.05) is 31.2 Å². The van der Waals surface area contributed by atoms with Crippen LogP contribution in [0.25, 0.3) is 0 Å². The molecule has 0 unspecified atom stereocenters. The van der Waals surface area contributed by atoms with Gasteiger partial charge in [0.05, 0.1) is 23.9 Å². The molecule has 2 aliphatic rings. The quantitative estimate of drug-likeness (QED) is 0.792. The summed E-state index contributed by atoms with van der Waals surface area (Å²) in [7, 11) is 0. The van der Waals surface area contributed by atoms with Crippen LogP contribution >= 0.6 is 0 Å². The average Bonchev–Trinajstić information content (AvgIpc) is 3.11. The van der Waals surface area contributed by atoms with Crippen molar-refractivity contribution in [3.05, 3.63) is 42.5 Å². The second-order valence-corrected chi connectivity index (χ2v) is 7.26. The Labute approximate surface area is 174 Å². The van der Waals surface area contributed by atoms with E-state index in [-0.39, 0.29) is 30.7 Å². The van der Waals surface area contributed by atoms with Gasteiger partial charge in [0, 0.05) is 18.7 Å². The first-order valence-electron chi connectivity index (χ1n) is 9.91. The Morgan fingerprint density at radius 3 is 2.87 bits per heavy atom. The van der Waals surface area contributed by atoms with Crippen molar-refractivity contribution in [1.82, 2.24) is 0 Å². The predicted molar refractivity (Wildman–Crippen MR) is 112 cm³/mol. The van der Waals surface area contributed by atoms with E-state index in [1.165, 1.54) is 0 Å². The lowest BCUT2D eigenvalue weighted by molar-refractivity contribution is -0.122. The molecule has 0 aliphatic carbocycles. The van der Waals surface area contributed by atoms with Crippen molar-refractivity contribution in [3.63, 3.8) is 0 Å². The van der Waals surface area contributed by atoms with E-state index in [2.05, 4.69) is 10.6 Å². The van der Waals surface area contributed by atoms with E-state index in [9.17, 15) is 14.4 Å². The molecule has 30 heavy (non-hydrogen) atoms. The molecule has 2 aliphatic heterocycles. The Balaban J connectivity index is 1.46. The zero-order valence-electron chi connectivity index (χ0n) is 16.8. The standard InChI is InChI=1S/C22H23N3O5/c1-3-29-19-7-5-4-6-17(19)25-12-14(10-20(25)26)22(28)23-15-8-9-18-16(11-15)24-21(27)13(2)30-18/h4-9,11,13-14H,3,10,12H2,1-2H3,(H,23,28)(H,24,27)/t13-,14-/m0/s1. The molecule has 2 atom stereocenters. The molecular formula is C22H23N3O5. The maximum atomic E-state index is 12.8. The minimum absolute atomic E-state index is 0.120. The van der Waals surface area contributed by atoms with Gasteiger partial charge in [-0.1, -0.05) is 12.1 Å². The molecule has 1 saturated heterocycles. The maximum absolute atomic E-state index is 12.8. The largest absolute Gasteiger partial charge is 0.492 e. The van der Waals surface area contributed by atoms with Gasteiger partial charge in [-0.05, 0) is 44.2 Å². The summed E-state index contributed by atoms with van der Waals surface area (Å²) in [6.45, 7) is 4.31. The molecule has 4 rings (SSSR count). The number of anilines is 3. The van der Waals surface area contributed by atoms with Gasteiger partial charge < -0.3 is 25.0 Å². The Hall–Kier alpha value is -3.55. The molecule has 1 fully saturated rings. The van der Waals surface area contributed by atoms with Crippen molar-refractivity contribution in [2.75, 3.05) is 28.7 Å². The molecule has 8 heteroatoms. The molecule has 0 saturated carbocycles. The van der Waals surface area contributed by atoms with Gasteiger partial charge in [0.2, 0.25) is 11.8 Å². The summed E-state index contributed by atoms with van der Waals surface area (Å²) in [5.41, 5.74) is 1.70. The Morgan fingerprint density at radius 1 is 1.27 bits per heavy atom. The number of carbonyl (C=O) groups excluding carboxylic acids is 3. The van der Waals surface area contributed by atoms with Crippen molar-refractivity contribution in [3.8, 4) is 11.5 Å². The van der Waals surface area contributed by atoms with Gasteiger partial charge in [-0.3, -0.25) is 14.4 Å².